The standard InChI is InChI=1S/C13H12I3N3O5/c1-4(20)18-11-8(14)7(13(23)24-3-6(17)22)9(15)12(10(11)16)19-5(2)21/h3H2,1-2H3,(H2,17,22)(H,18,20)(H,19,21). The molecule has 0 unspecified atom stereocenters. The molecule has 0 bridgehead atoms. The first-order valence-corrected chi connectivity index (χ1v) is 9.50. The lowest BCUT2D eigenvalue weighted by molar-refractivity contribution is -0.121. The van der Waals surface area contributed by atoms with Crippen LogP contribution in [0, 0.1) is 10.7 Å². The van der Waals surface area contributed by atoms with Gasteiger partial charge in [0.25, 0.3) is 5.91 Å². The van der Waals surface area contributed by atoms with Gasteiger partial charge in [0.15, 0.2) is 6.61 Å². The van der Waals surface area contributed by atoms with Gasteiger partial charge in [-0.3, -0.25) is 14.4 Å². The number of benzene rings is 1. The number of carbonyl (C=O) groups is 4. The molecule has 0 heterocycles. The average Bonchev–Trinajstić information content (AvgIpc) is 2.45. The Morgan fingerprint density at radius 3 is 1.67 bits per heavy atom. The molecule has 0 fully saturated rings. The molecule has 3 amide bonds. The van der Waals surface area contributed by atoms with E-state index < -0.39 is 18.5 Å². The van der Waals surface area contributed by atoms with Crippen molar-refractivity contribution in [2.24, 2.45) is 5.73 Å². The van der Waals surface area contributed by atoms with E-state index in [1.807, 2.05) is 67.8 Å². The fourth-order valence-electron chi connectivity index (χ4n) is 1.62. The number of carbonyl (C=O) groups excluding carboxylic acids is 4. The summed E-state index contributed by atoms with van der Waals surface area (Å²) in [6.07, 6.45) is 0. The summed E-state index contributed by atoms with van der Waals surface area (Å²) in [7, 11) is 0. The van der Waals surface area contributed by atoms with Crippen molar-refractivity contribution in [1.29, 1.82) is 0 Å². The zero-order valence-electron chi connectivity index (χ0n) is 12.5. The monoisotopic (exact) mass is 671 g/mol. The minimum Gasteiger partial charge on any atom is -0.452 e. The number of primary amides is 1. The van der Waals surface area contributed by atoms with Crippen LogP contribution in [0.2, 0.25) is 0 Å². The lowest BCUT2D eigenvalue weighted by Gasteiger charge is -2.19. The Morgan fingerprint density at radius 2 is 1.33 bits per heavy atom. The van der Waals surface area contributed by atoms with Crippen molar-refractivity contribution in [2.45, 2.75) is 13.8 Å². The number of nitrogens with two attached hydrogens (primary N) is 1. The van der Waals surface area contributed by atoms with Gasteiger partial charge in [0.05, 0.1) is 27.6 Å². The van der Waals surface area contributed by atoms with Gasteiger partial charge < -0.3 is 21.1 Å². The average molecular weight is 671 g/mol. The quantitative estimate of drug-likeness (QED) is 0.327. The molecular weight excluding hydrogens is 659 g/mol. The molecule has 0 aliphatic heterocycles. The molecule has 4 N–H and O–H groups in total. The molecule has 0 saturated heterocycles. The molecule has 0 aliphatic carbocycles. The number of halogens is 3. The Morgan fingerprint density at radius 1 is 0.917 bits per heavy atom. The third kappa shape index (κ3) is 5.40. The van der Waals surface area contributed by atoms with E-state index in [1.54, 1.807) is 0 Å². The summed E-state index contributed by atoms with van der Waals surface area (Å²) >= 11 is 5.75. The van der Waals surface area contributed by atoms with Gasteiger partial charge in [-0.15, -0.1) is 0 Å². The number of rotatable bonds is 5. The van der Waals surface area contributed by atoms with Crippen molar-refractivity contribution >= 4 is 103 Å². The van der Waals surface area contributed by atoms with Gasteiger partial charge in [0.1, 0.15) is 0 Å². The Labute approximate surface area is 178 Å². The van der Waals surface area contributed by atoms with Crippen molar-refractivity contribution < 1.29 is 23.9 Å². The second-order valence-electron chi connectivity index (χ2n) is 4.47. The summed E-state index contributed by atoms with van der Waals surface area (Å²) < 4.78 is 6.29. The second-order valence-corrected chi connectivity index (χ2v) is 7.71. The molecule has 24 heavy (non-hydrogen) atoms. The molecule has 1 aromatic rings. The van der Waals surface area contributed by atoms with Crippen molar-refractivity contribution in [3.63, 3.8) is 0 Å². The zero-order chi connectivity index (χ0) is 18.6. The Balaban J connectivity index is 3.55. The first-order chi connectivity index (χ1) is 11.1. The topological polar surface area (TPSA) is 128 Å². The van der Waals surface area contributed by atoms with E-state index in [9.17, 15) is 19.2 Å². The number of nitrogens with one attached hydrogen (secondary N) is 2. The highest BCUT2D eigenvalue weighted by atomic mass is 127. The molecule has 0 radical (unpaired) electrons. The van der Waals surface area contributed by atoms with Gasteiger partial charge in [-0.05, 0) is 67.8 Å². The van der Waals surface area contributed by atoms with Crippen LogP contribution in [-0.4, -0.2) is 30.3 Å². The van der Waals surface area contributed by atoms with Crippen LogP contribution in [0.25, 0.3) is 0 Å². The molecule has 130 valence electrons. The highest BCUT2D eigenvalue weighted by Crippen LogP contribution is 2.39. The summed E-state index contributed by atoms with van der Waals surface area (Å²) in [5, 5.41) is 5.27. The molecule has 1 rings (SSSR count). The summed E-state index contributed by atoms with van der Waals surface area (Å²) in [6.45, 7) is 2.09. The number of esters is 1. The van der Waals surface area contributed by atoms with Gasteiger partial charge in [0, 0.05) is 13.8 Å². The second kappa shape index (κ2) is 9.12. The van der Waals surface area contributed by atoms with Gasteiger partial charge in [-0.25, -0.2) is 4.79 Å². The number of ether oxygens (including phenoxy) is 1. The highest BCUT2D eigenvalue weighted by Gasteiger charge is 2.26. The molecule has 0 saturated carbocycles. The van der Waals surface area contributed by atoms with Crippen LogP contribution >= 0.6 is 67.8 Å². The van der Waals surface area contributed by atoms with Crippen LogP contribution in [0.1, 0.15) is 24.2 Å². The van der Waals surface area contributed by atoms with Crippen LogP contribution < -0.4 is 16.4 Å². The fraction of sp³-hybridized carbons (Fsp3) is 0.231. The summed E-state index contributed by atoms with van der Waals surface area (Å²) in [6, 6.07) is 0. The van der Waals surface area contributed by atoms with E-state index in [-0.39, 0.29) is 17.4 Å². The maximum absolute atomic E-state index is 12.3. The summed E-state index contributed by atoms with van der Waals surface area (Å²) in [5.74, 6) is -2.24. The minimum atomic E-state index is -0.789. The zero-order valence-corrected chi connectivity index (χ0v) is 18.9. The molecular formula is C13H12I3N3O5. The van der Waals surface area contributed by atoms with Crippen molar-refractivity contribution in [1.82, 2.24) is 0 Å². The normalized spacial score (nSPS) is 10.0. The molecule has 11 heteroatoms. The van der Waals surface area contributed by atoms with E-state index in [4.69, 9.17) is 10.5 Å². The van der Waals surface area contributed by atoms with Crippen LogP contribution in [0.3, 0.4) is 0 Å². The van der Waals surface area contributed by atoms with Gasteiger partial charge in [0.2, 0.25) is 11.8 Å². The van der Waals surface area contributed by atoms with Crippen molar-refractivity contribution in [3.05, 3.63) is 16.3 Å². The summed E-state index contributed by atoms with van der Waals surface area (Å²) in [5.41, 5.74) is 5.85. The molecule has 0 aromatic heterocycles. The largest absolute Gasteiger partial charge is 0.452 e. The molecule has 0 aliphatic rings. The SMILES string of the molecule is CC(=O)Nc1c(I)c(NC(C)=O)c(I)c(C(=O)OCC(N)=O)c1I. The van der Waals surface area contributed by atoms with Crippen molar-refractivity contribution in [2.75, 3.05) is 17.2 Å². The predicted octanol–water partition coefficient (Wildman–Crippen LogP) is 2.06. The van der Waals surface area contributed by atoms with Crippen LogP contribution in [0.15, 0.2) is 0 Å². The van der Waals surface area contributed by atoms with E-state index in [0.29, 0.717) is 22.1 Å². The van der Waals surface area contributed by atoms with E-state index in [0.717, 1.165) is 0 Å². The lowest BCUT2D eigenvalue weighted by Crippen LogP contribution is -2.23. The lowest BCUT2D eigenvalue weighted by atomic mass is 10.1. The van der Waals surface area contributed by atoms with Crippen molar-refractivity contribution in [3.8, 4) is 0 Å². The fourth-order valence-corrected chi connectivity index (χ4v) is 5.77. The van der Waals surface area contributed by atoms with E-state index in [1.165, 1.54) is 13.8 Å². The Bertz CT molecular complexity index is 693. The third-order valence-corrected chi connectivity index (χ3v) is 5.70. The number of amides is 3. The molecule has 0 spiro atoms. The summed E-state index contributed by atoms with van der Waals surface area (Å²) in [4.78, 5) is 46.0. The molecule has 0 atom stereocenters. The predicted molar refractivity (Wildman–Crippen MR) is 113 cm³/mol. The number of hydrogen-bond donors (Lipinski definition) is 3. The van der Waals surface area contributed by atoms with Crippen LogP contribution in [0.5, 0.6) is 0 Å². The van der Waals surface area contributed by atoms with Gasteiger partial charge in [-0.2, -0.15) is 0 Å². The molecule has 1 aromatic carbocycles. The minimum absolute atomic E-state index is 0.130. The highest BCUT2D eigenvalue weighted by molar-refractivity contribution is 14.1. The first-order valence-electron chi connectivity index (χ1n) is 6.27. The third-order valence-electron chi connectivity index (χ3n) is 2.47. The van der Waals surface area contributed by atoms with Crippen LogP contribution in [-0.2, 0) is 19.1 Å². The molecule has 8 nitrogen and oxygen atoms in total. The van der Waals surface area contributed by atoms with E-state index in [2.05, 4.69) is 10.6 Å². The Kier molecular flexibility index (Phi) is 8.10. The number of hydrogen-bond acceptors (Lipinski definition) is 5. The van der Waals surface area contributed by atoms with Gasteiger partial charge in [-0.1, -0.05) is 0 Å². The maximum atomic E-state index is 12.3. The Hall–Kier alpha value is -0.710. The van der Waals surface area contributed by atoms with Gasteiger partial charge >= 0.3 is 5.97 Å². The smallest absolute Gasteiger partial charge is 0.340 e. The maximum Gasteiger partial charge on any atom is 0.340 e. The number of anilines is 2. The first kappa shape index (κ1) is 21.3. The van der Waals surface area contributed by atoms with E-state index >= 15 is 0 Å². The van der Waals surface area contributed by atoms with Crippen LogP contribution in [0.4, 0.5) is 11.4 Å².